The molecule has 0 rings (SSSR count). The number of likely N-dealkylation sites (N-methyl/N-ethyl adjacent to an activating group) is 1. The molecular weight excluding hydrogens is 186 g/mol. The molecule has 4 N–H and O–H groups in total. The molecule has 0 fully saturated rings. The summed E-state index contributed by atoms with van der Waals surface area (Å²) < 4.78 is 22.8. The summed E-state index contributed by atoms with van der Waals surface area (Å²) in [5, 5.41) is 16.7. The SMILES string of the molecule is CN(CCO)CCO.O=S(O)O. The van der Waals surface area contributed by atoms with Gasteiger partial charge in [-0.2, -0.15) is 4.21 Å². The standard InChI is InChI=1S/C5H13NO2.H2O3S/c1-6(2-4-7)3-5-8;1-4(2)3/h7-8H,2-5H2,1H3;(H2,1,2,3). The van der Waals surface area contributed by atoms with Crippen LogP contribution in [0.3, 0.4) is 0 Å². The molecule has 0 aromatic rings. The summed E-state index contributed by atoms with van der Waals surface area (Å²) in [7, 11) is 1.85. The molecule has 0 heterocycles. The molecule has 0 atom stereocenters. The van der Waals surface area contributed by atoms with Crippen molar-refractivity contribution in [1.29, 1.82) is 0 Å². The maximum Gasteiger partial charge on any atom is 0.299 e. The Morgan fingerprint density at radius 2 is 1.42 bits per heavy atom. The molecule has 0 radical (unpaired) electrons. The van der Waals surface area contributed by atoms with Crippen LogP contribution in [0.2, 0.25) is 0 Å². The number of nitrogens with zero attached hydrogens (tertiary/aromatic N) is 1. The van der Waals surface area contributed by atoms with Crippen molar-refractivity contribution in [3.63, 3.8) is 0 Å². The molecule has 0 bridgehead atoms. The van der Waals surface area contributed by atoms with E-state index in [1.165, 1.54) is 0 Å². The van der Waals surface area contributed by atoms with Gasteiger partial charge in [0.15, 0.2) is 0 Å². The average molecular weight is 201 g/mol. The van der Waals surface area contributed by atoms with Gasteiger partial charge in [0, 0.05) is 13.1 Å². The van der Waals surface area contributed by atoms with E-state index in [-0.39, 0.29) is 13.2 Å². The van der Waals surface area contributed by atoms with E-state index in [9.17, 15) is 0 Å². The quantitative estimate of drug-likeness (QED) is 0.417. The summed E-state index contributed by atoms with van der Waals surface area (Å²) in [4.78, 5) is 1.86. The first-order valence-corrected chi connectivity index (χ1v) is 4.31. The minimum absolute atomic E-state index is 0.163. The molecule has 7 heteroatoms. The normalized spacial score (nSPS) is 9.92. The molecule has 6 nitrogen and oxygen atoms in total. The summed E-state index contributed by atoms with van der Waals surface area (Å²) >= 11 is -2.61. The van der Waals surface area contributed by atoms with E-state index in [2.05, 4.69) is 0 Å². The molecule has 12 heavy (non-hydrogen) atoms. The highest BCUT2D eigenvalue weighted by molar-refractivity contribution is 7.73. The number of aliphatic hydroxyl groups is 2. The van der Waals surface area contributed by atoms with Gasteiger partial charge in [0.25, 0.3) is 11.4 Å². The lowest BCUT2D eigenvalue weighted by atomic mass is 10.5. The molecule has 0 aliphatic heterocycles. The zero-order valence-electron chi connectivity index (χ0n) is 6.88. The predicted octanol–water partition coefficient (Wildman–Crippen LogP) is -1.42. The largest absolute Gasteiger partial charge is 0.395 e. The highest BCUT2D eigenvalue weighted by atomic mass is 32.2. The van der Waals surface area contributed by atoms with Gasteiger partial charge in [-0.05, 0) is 7.05 Å². The lowest BCUT2D eigenvalue weighted by molar-refractivity contribution is 0.184. The van der Waals surface area contributed by atoms with Crippen molar-refractivity contribution >= 4 is 11.4 Å². The van der Waals surface area contributed by atoms with Gasteiger partial charge in [-0.3, -0.25) is 9.11 Å². The molecule has 0 saturated heterocycles. The number of hydrogen-bond acceptors (Lipinski definition) is 4. The molecule has 0 unspecified atom stereocenters. The molecule has 76 valence electrons. The summed E-state index contributed by atoms with van der Waals surface area (Å²) in [6, 6.07) is 0. The smallest absolute Gasteiger partial charge is 0.299 e. The second-order valence-corrected chi connectivity index (χ2v) is 2.44. The topological polar surface area (TPSA) is 101 Å². The fraction of sp³-hybridized carbons (Fsp3) is 1.00. The van der Waals surface area contributed by atoms with Crippen LogP contribution in [0.1, 0.15) is 0 Å². The molecule has 0 aromatic heterocycles. The molecule has 0 spiro atoms. The average Bonchev–Trinajstić information content (AvgIpc) is 1.87. The van der Waals surface area contributed by atoms with Crippen LogP contribution in [0.4, 0.5) is 0 Å². The van der Waals surface area contributed by atoms with Crippen molar-refractivity contribution in [2.75, 3.05) is 33.4 Å². The van der Waals surface area contributed by atoms with E-state index in [1.807, 2.05) is 11.9 Å². The van der Waals surface area contributed by atoms with E-state index in [4.69, 9.17) is 23.5 Å². The Kier molecular flexibility index (Phi) is 13.2. The van der Waals surface area contributed by atoms with Gasteiger partial charge >= 0.3 is 0 Å². The van der Waals surface area contributed by atoms with E-state index in [1.54, 1.807) is 0 Å². The van der Waals surface area contributed by atoms with Gasteiger partial charge in [-0.1, -0.05) is 0 Å². The fourth-order valence-corrected chi connectivity index (χ4v) is 0.453. The third kappa shape index (κ3) is 22.5. The molecule has 0 aliphatic carbocycles. The molecule has 0 saturated carbocycles. The minimum Gasteiger partial charge on any atom is -0.395 e. The summed E-state index contributed by atoms with van der Waals surface area (Å²) in [6.07, 6.45) is 0. The van der Waals surface area contributed by atoms with Gasteiger partial charge in [0.05, 0.1) is 13.2 Å². The van der Waals surface area contributed by atoms with Crippen LogP contribution in [0.5, 0.6) is 0 Å². The van der Waals surface area contributed by atoms with E-state index in [0.29, 0.717) is 13.1 Å². The maximum atomic E-state index is 8.67. The summed E-state index contributed by atoms with van der Waals surface area (Å²) in [6.45, 7) is 1.61. The molecule has 0 amide bonds. The van der Waals surface area contributed by atoms with Gasteiger partial charge in [0.1, 0.15) is 0 Å². The Hall–Kier alpha value is -0.0500. The van der Waals surface area contributed by atoms with Crippen LogP contribution in [-0.4, -0.2) is 61.8 Å². The Morgan fingerprint density at radius 1 is 1.17 bits per heavy atom. The lowest BCUT2D eigenvalue weighted by Gasteiger charge is -2.11. The Morgan fingerprint density at radius 3 is 1.58 bits per heavy atom. The highest BCUT2D eigenvalue weighted by Crippen LogP contribution is 1.76. The Labute approximate surface area is 73.9 Å². The number of rotatable bonds is 4. The van der Waals surface area contributed by atoms with Crippen LogP contribution < -0.4 is 0 Å². The van der Waals surface area contributed by atoms with Crippen molar-refractivity contribution in [1.82, 2.24) is 4.90 Å². The van der Waals surface area contributed by atoms with E-state index < -0.39 is 11.4 Å². The number of aliphatic hydroxyl groups excluding tert-OH is 2. The zero-order valence-corrected chi connectivity index (χ0v) is 7.70. The van der Waals surface area contributed by atoms with Crippen molar-refractivity contribution in [2.45, 2.75) is 0 Å². The zero-order chi connectivity index (χ0) is 9.98. The predicted molar refractivity (Wildman–Crippen MR) is 45.1 cm³/mol. The van der Waals surface area contributed by atoms with Crippen LogP contribution >= 0.6 is 0 Å². The lowest BCUT2D eigenvalue weighted by Crippen LogP contribution is -2.25. The van der Waals surface area contributed by atoms with Crippen molar-refractivity contribution in [3.8, 4) is 0 Å². The molecular formula is C5H15NO5S. The van der Waals surface area contributed by atoms with Crippen LogP contribution in [0, 0.1) is 0 Å². The van der Waals surface area contributed by atoms with Gasteiger partial charge in [-0.25, -0.2) is 0 Å². The maximum absolute atomic E-state index is 8.67. The van der Waals surface area contributed by atoms with Crippen molar-refractivity contribution in [3.05, 3.63) is 0 Å². The number of hydrogen-bond donors (Lipinski definition) is 4. The van der Waals surface area contributed by atoms with Crippen LogP contribution in [-0.2, 0) is 11.4 Å². The van der Waals surface area contributed by atoms with Crippen molar-refractivity contribution in [2.24, 2.45) is 0 Å². The second-order valence-electron chi connectivity index (χ2n) is 1.98. The Balaban J connectivity index is 0. The second kappa shape index (κ2) is 11.0. The van der Waals surface area contributed by atoms with Crippen LogP contribution in [0.15, 0.2) is 0 Å². The summed E-state index contributed by atoms with van der Waals surface area (Å²) in [5.74, 6) is 0. The third-order valence-corrected chi connectivity index (χ3v) is 0.963. The fourth-order valence-electron chi connectivity index (χ4n) is 0.453. The first-order chi connectivity index (χ1) is 5.54. The van der Waals surface area contributed by atoms with Crippen molar-refractivity contribution < 1.29 is 23.5 Å². The summed E-state index contributed by atoms with van der Waals surface area (Å²) in [5.41, 5.74) is 0. The van der Waals surface area contributed by atoms with Gasteiger partial charge in [0.2, 0.25) is 0 Å². The van der Waals surface area contributed by atoms with E-state index >= 15 is 0 Å². The highest BCUT2D eigenvalue weighted by Gasteiger charge is 1.91. The van der Waals surface area contributed by atoms with E-state index in [0.717, 1.165) is 0 Å². The Bertz CT molecular complexity index is 102. The van der Waals surface area contributed by atoms with Gasteiger partial charge in [-0.15, -0.1) is 0 Å². The monoisotopic (exact) mass is 201 g/mol. The third-order valence-electron chi connectivity index (χ3n) is 0.963. The van der Waals surface area contributed by atoms with Crippen LogP contribution in [0.25, 0.3) is 0 Å². The van der Waals surface area contributed by atoms with Gasteiger partial charge < -0.3 is 15.1 Å². The first-order valence-electron chi connectivity index (χ1n) is 3.24. The molecule has 0 aliphatic rings. The first kappa shape index (κ1) is 14.5. The molecule has 0 aromatic carbocycles. The minimum atomic E-state index is -2.61.